The largest absolute Gasteiger partial charge is 0.356 e. The fourth-order valence-electron chi connectivity index (χ4n) is 0.625. The Labute approximate surface area is 69.8 Å². The van der Waals surface area contributed by atoms with Gasteiger partial charge in [0.15, 0.2) is 0 Å². The van der Waals surface area contributed by atoms with Crippen molar-refractivity contribution in [1.82, 2.24) is 10.2 Å². The number of anilines is 1. The molecule has 1 aromatic rings. The summed E-state index contributed by atoms with van der Waals surface area (Å²) in [6.07, 6.45) is 0. The molecular weight excluding hydrogens is 160 g/mol. The molecule has 5 heteroatoms. The van der Waals surface area contributed by atoms with Crippen molar-refractivity contribution in [2.45, 2.75) is 19.9 Å². The van der Waals surface area contributed by atoms with Gasteiger partial charge >= 0.3 is 0 Å². The van der Waals surface area contributed by atoms with Gasteiger partial charge < -0.3 is 11.1 Å². The third kappa shape index (κ3) is 2.44. The summed E-state index contributed by atoms with van der Waals surface area (Å²) in [7, 11) is 0. The Morgan fingerprint density at radius 3 is 2.82 bits per heavy atom. The van der Waals surface area contributed by atoms with Crippen molar-refractivity contribution < 1.29 is 0 Å². The van der Waals surface area contributed by atoms with Crippen LogP contribution >= 0.6 is 11.3 Å². The maximum atomic E-state index is 5.42. The standard InChI is InChI=1S/C6H12N4S/c1-4(3-7)8-6-10-9-5(2)11-6/h4H,3,7H2,1-2H3,(H,8,10). The van der Waals surface area contributed by atoms with Crippen LogP contribution in [0.2, 0.25) is 0 Å². The van der Waals surface area contributed by atoms with E-state index in [2.05, 4.69) is 15.5 Å². The molecule has 0 saturated heterocycles. The SMILES string of the molecule is Cc1nnc(NC(C)CN)s1. The molecule has 4 nitrogen and oxygen atoms in total. The van der Waals surface area contributed by atoms with E-state index in [9.17, 15) is 0 Å². The quantitative estimate of drug-likeness (QED) is 0.701. The van der Waals surface area contributed by atoms with Gasteiger partial charge in [0.1, 0.15) is 5.01 Å². The zero-order chi connectivity index (χ0) is 8.27. The van der Waals surface area contributed by atoms with E-state index in [1.165, 1.54) is 0 Å². The second-order valence-corrected chi connectivity index (χ2v) is 3.59. The Kier molecular flexibility index (Phi) is 2.78. The number of rotatable bonds is 3. The number of hydrogen-bond donors (Lipinski definition) is 2. The highest BCUT2D eigenvalue weighted by atomic mass is 32.1. The minimum Gasteiger partial charge on any atom is -0.356 e. The van der Waals surface area contributed by atoms with Crippen molar-refractivity contribution in [2.24, 2.45) is 5.73 Å². The first-order chi connectivity index (χ1) is 5.22. The first-order valence-corrected chi connectivity index (χ1v) is 4.30. The summed E-state index contributed by atoms with van der Waals surface area (Å²) >= 11 is 1.54. The van der Waals surface area contributed by atoms with Crippen molar-refractivity contribution in [3.05, 3.63) is 5.01 Å². The van der Waals surface area contributed by atoms with Crippen molar-refractivity contribution in [3.8, 4) is 0 Å². The first kappa shape index (κ1) is 8.42. The predicted molar refractivity (Wildman–Crippen MR) is 46.8 cm³/mol. The van der Waals surface area contributed by atoms with E-state index in [-0.39, 0.29) is 6.04 Å². The third-order valence-electron chi connectivity index (χ3n) is 1.25. The summed E-state index contributed by atoms with van der Waals surface area (Å²) in [6.45, 7) is 4.55. The van der Waals surface area contributed by atoms with Gasteiger partial charge in [-0.15, -0.1) is 10.2 Å². The summed E-state index contributed by atoms with van der Waals surface area (Å²) in [5.41, 5.74) is 5.42. The van der Waals surface area contributed by atoms with Crippen LogP contribution in [0, 0.1) is 6.92 Å². The highest BCUT2D eigenvalue weighted by Crippen LogP contribution is 2.13. The molecule has 0 amide bonds. The number of aryl methyl sites for hydroxylation is 1. The normalized spacial score (nSPS) is 13.0. The Morgan fingerprint density at radius 2 is 2.36 bits per heavy atom. The van der Waals surface area contributed by atoms with Gasteiger partial charge in [0, 0.05) is 12.6 Å². The highest BCUT2D eigenvalue weighted by Gasteiger charge is 2.02. The molecular formula is C6H12N4S. The minimum atomic E-state index is 0.266. The molecule has 1 heterocycles. The van der Waals surface area contributed by atoms with Crippen LogP contribution in [0.15, 0.2) is 0 Å². The number of nitrogens with two attached hydrogens (primary N) is 1. The predicted octanol–water partition coefficient (Wildman–Crippen LogP) is 0.606. The second-order valence-electron chi connectivity index (χ2n) is 2.41. The molecule has 0 aromatic carbocycles. The number of aromatic nitrogens is 2. The Bertz CT molecular complexity index is 222. The Hall–Kier alpha value is -0.680. The average molecular weight is 172 g/mol. The summed E-state index contributed by atoms with van der Waals surface area (Å²) < 4.78 is 0. The lowest BCUT2D eigenvalue weighted by atomic mass is 10.4. The molecule has 62 valence electrons. The van der Waals surface area contributed by atoms with Gasteiger partial charge in [0.05, 0.1) is 0 Å². The lowest BCUT2D eigenvalue weighted by Crippen LogP contribution is -2.24. The smallest absolute Gasteiger partial charge is 0.205 e. The molecule has 0 spiro atoms. The molecule has 0 bridgehead atoms. The van der Waals surface area contributed by atoms with Crippen LogP contribution in [0.4, 0.5) is 5.13 Å². The summed E-state index contributed by atoms with van der Waals surface area (Å²) in [5, 5.41) is 12.7. The Balaban J connectivity index is 2.50. The molecule has 0 radical (unpaired) electrons. The average Bonchev–Trinajstić information content (AvgIpc) is 2.35. The van der Waals surface area contributed by atoms with E-state index in [0.717, 1.165) is 10.1 Å². The van der Waals surface area contributed by atoms with Crippen LogP contribution in [0.5, 0.6) is 0 Å². The molecule has 1 atom stereocenters. The molecule has 0 aliphatic rings. The van der Waals surface area contributed by atoms with Crippen LogP contribution in [0.3, 0.4) is 0 Å². The van der Waals surface area contributed by atoms with Gasteiger partial charge in [-0.25, -0.2) is 0 Å². The summed E-state index contributed by atoms with van der Waals surface area (Å²) in [5.74, 6) is 0. The van der Waals surface area contributed by atoms with E-state index in [4.69, 9.17) is 5.73 Å². The zero-order valence-corrected chi connectivity index (χ0v) is 7.48. The van der Waals surface area contributed by atoms with E-state index >= 15 is 0 Å². The summed E-state index contributed by atoms with van der Waals surface area (Å²) in [6, 6.07) is 0.266. The Morgan fingerprint density at radius 1 is 1.64 bits per heavy atom. The van der Waals surface area contributed by atoms with E-state index in [1.807, 2.05) is 13.8 Å². The fraction of sp³-hybridized carbons (Fsp3) is 0.667. The lowest BCUT2D eigenvalue weighted by Gasteiger charge is -2.07. The monoisotopic (exact) mass is 172 g/mol. The van der Waals surface area contributed by atoms with E-state index in [0.29, 0.717) is 6.54 Å². The van der Waals surface area contributed by atoms with Crippen molar-refractivity contribution >= 4 is 16.5 Å². The maximum absolute atomic E-state index is 5.42. The van der Waals surface area contributed by atoms with Crippen molar-refractivity contribution in [2.75, 3.05) is 11.9 Å². The van der Waals surface area contributed by atoms with E-state index in [1.54, 1.807) is 11.3 Å². The lowest BCUT2D eigenvalue weighted by molar-refractivity contribution is 0.798. The topological polar surface area (TPSA) is 63.8 Å². The van der Waals surface area contributed by atoms with Crippen molar-refractivity contribution in [1.29, 1.82) is 0 Å². The highest BCUT2D eigenvalue weighted by molar-refractivity contribution is 7.15. The number of nitrogens with zero attached hydrogens (tertiary/aromatic N) is 2. The van der Waals surface area contributed by atoms with Crippen LogP contribution in [0.1, 0.15) is 11.9 Å². The molecule has 11 heavy (non-hydrogen) atoms. The maximum Gasteiger partial charge on any atom is 0.205 e. The first-order valence-electron chi connectivity index (χ1n) is 3.49. The molecule has 0 aliphatic carbocycles. The van der Waals surface area contributed by atoms with Gasteiger partial charge in [0.25, 0.3) is 0 Å². The van der Waals surface area contributed by atoms with Crippen molar-refractivity contribution in [3.63, 3.8) is 0 Å². The van der Waals surface area contributed by atoms with Crippen LogP contribution in [-0.2, 0) is 0 Å². The molecule has 1 unspecified atom stereocenters. The molecule has 0 saturated carbocycles. The third-order valence-corrected chi connectivity index (χ3v) is 2.02. The molecule has 0 fully saturated rings. The van der Waals surface area contributed by atoms with Gasteiger partial charge in [-0.1, -0.05) is 11.3 Å². The summed E-state index contributed by atoms with van der Waals surface area (Å²) in [4.78, 5) is 0. The molecule has 1 aromatic heterocycles. The van der Waals surface area contributed by atoms with Gasteiger partial charge in [-0.3, -0.25) is 0 Å². The second kappa shape index (κ2) is 3.64. The van der Waals surface area contributed by atoms with Gasteiger partial charge in [0.2, 0.25) is 5.13 Å². The van der Waals surface area contributed by atoms with Crippen LogP contribution < -0.4 is 11.1 Å². The fourth-order valence-corrected chi connectivity index (χ4v) is 1.33. The zero-order valence-electron chi connectivity index (χ0n) is 6.66. The van der Waals surface area contributed by atoms with Gasteiger partial charge in [-0.2, -0.15) is 0 Å². The van der Waals surface area contributed by atoms with Gasteiger partial charge in [-0.05, 0) is 13.8 Å². The molecule has 3 N–H and O–H groups in total. The minimum absolute atomic E-state index is 0.266. The molecule has 0 aliphatic heterocycles. The number of hydrogen-bond acceptors (Lipinski definition) is 5. The molecule has 1 rings (SSSR count). The number of nitrogens with one attached hydrogen (secondary N) is 1. The van der Waals surface area contributed by atoms with Crippen LogP contribution in [-0.4, -0.2) is 22.8 Å². The van der Waals surface area contributed by atoms with Crippen LogP contribution in [0.25, 0.3) is 0 Å². The van der Waals surface area contributed by atoms with E-state index < -0.39 is 0 Å².